The highest BCUT2D eigenvalue weighted by Crippen LogP contribution is 2.24. The van der Waals surface area contributed by atoms with Crippen molar-refractivity contribution >= 4 is 35.6 Å². The van der Waals surface area contributed by atoms with E-state index in [-0.39, 0.29) is 30.0 Å². The average molecular weight is 545 g/mol. The van der Waals surface area contributed by atoms with Crippen LogP contribution in [0, 0.1) is 0 Å². The molecule has 2 heterocycles. The van der Waals surface area contributed by atoms with Gasteiger partial charge in [0, 0.05) is 32.4 Å². The van der Waals surface area contributed by atoms with Crippen LogP contribution < -0.4 is 15.5 Å². The summed E-state index contributed by atoms with van der Waals surface area (Å²) in [6, 6.07) is 17.5. The Morgan fingerprint density at radius 2 is 1.88 bits per heavy atom. The van der Waals surface area contributed by atoms with Gasteiger partial charge in [-0.15, -0.1) is 24.0 Å². The molecule has 32 heavy (non-hydrogen) atoms. The molecule has 1 unspecified atom stereocenters. The standard InChI is InChI=1S/C24H31N7.HI/c1-19(22-9-6-10-23(14-22)30-11-3-4-12-30)29-24(25-2)27-15-20-7-5-8-21(13-20)16-31-18-26-17-28-31;/h5-10,13-14,17-19H,3-4,11-12,15-16H2,1-2H3,(H2,25,27,29);1H. The van der Waals surface area contributed by atoms with Gasteiger partial charge in [-0.1, -0.05) is 36.4 Å². The largest absolute Gasteiger partial charge is 0.372 e. The van der Waals surface area contributed by atoms with Gasteiger partial charge in [0.15, 0.2) is 5.96 Å². The maximum atomic E-state index is 4.41. The number of halogens is 1. The zero-order valence-corrected chi connectivity index (χ0v) is 21.1. The lowest BCUT2D eigenvalue weighted by molar-refractivity contribution is 0.679. The van der Waals surface area contributed by atoms with Gasteiger partial charge in [-0.2, -0.15) is 5.10 Å². The average Bonchev–Trinajstić information content (AvgIpc) is 3.51. The first kappa shape index (κ1) is 24.0. The first-order chi connectivity index (χ1) is 15.2. The molecule has 1 atom stereocenters. The summed E-state index contributed by atoms with van der Waals surface area (Å²) in [6.45, 7) is 5.90. The number of rotatable bonds is 7. The van der Waals surface area contributed by atoms with Crippen LogP contribution in [0.25, 0.3) is 0 Å². The zero-order valence-electron chi connectivity index (χ0n) is 18.7. The molecule has 2 N–H and O–H groups in total. The number of aromatic nitrogens is 3. The lowest BCUT2D eigenvalue weighted by Crippen LogP contribution is -2.38. The normalized spacial score (nSPS) is 14.7. The second kappa shape index (κ2) is 11.8. The van der Waals surface area contributed by atoms with Gasteiger partial charge >= 0.3 is 0 Å². The van der Waals surface area contributed by atoms with E-state index in [4.69, 9.17) is 0 Å². The molecule has 2 aromatic carbocycles. The summed E-state index contributed by atoms with van der Waals surface area (Å²) in [5, 5.41) is 11.1. The van der Waals surface area contributed by atoms with Gasteiger partial charge in [-0.25, -0.2) is 9.67 Å². The van der Waals surface area contributed by atoms with Crippen LogP contribution in [0.2, 0.25) is 0 Å². The van der Waals surface area contributed by atoms with Crippen molar-refractivity contribution in [2.45, 2.75) is 38.9 Å². The molecule has 1 fully saturated rings. The van der Waals surface area contributed by atoms with E-state index in [0.29, 0.717) is 13.1 Å². The van der Waals surface area contributed by atoms with Crippen molar-refractivity contribution in [3.05, 3.63) is 77.9 Å². The van der Waals surface area contributed by atoms with Gasteiger partial charge in [0.05, 0.1) is 12.6 Å². The number of guanidine groups is 1. The number of nitrogens with one attached hydrogen (secondary N) is 2. The summed E-state index contributed by atoms with van der Waals surface area (Å²) < 4.78 is 1.82. The number of anilines is 1. The van der Waals surface area contributed by atoms with E-state index >= 15 is 0 Å². The van der Waals surface area contributed by atoms with Gasteiger partial charge < -0.3 is 15.5 Å². The van der Waals surface area contributed by atoms with Crippen molar-refractivity contribution in [2.75, 3.05) is 25.0 Å². The van der Waals surface area contributed by atoms with E-state index in [0.717, 1.165) is 19.0 Å². The fourth-order valence-corrected chi connectivity index (χ4v) is 3.97. The van der Waals surface area contributed by atoms with Crippen LogP contribution in [0.1, 0.15) is 42.5 Å². The summed E-state index contributed by atoms with van der Waals surface area (Å²) >= 11 is 0. The predicted octanol–water partition coefficient (Wildman–Crippen LogP) is 3.97. The Bertz CT molecular complexity index is 997. The van der Waals surface area contributed by atoms with Crippen LogP contribution in [0.3, 0.4) is 0 Å². The Morgan fingerprint density at radius 1 is 1.09 bits per heavy atom. The topological polar surface area (TPSA) is 70.4 Å². The highest BCUT2D eigenvalue weighted by Gasteiger charge is 2.14. The van der Waals surface area contributed by atoms with Gasteiger partial charge in [-0.3, -0.25) is 4.99 Å². The third-order valence-electron chi connectivity index (χ3n) is 5.68. The predicted molar refractivity (Wildman–Crippen MR) is 141 cm³/mol. The summed E-state index contributed by atoms with van der Waals surface area (Å²) in [7, 11) is 1.81. The number of aliphatic imine (C=N–C) groups is 1. The molecule has 8 heteroatoms. The second-order valence-corrected chi connectivity index (χ2v) is 7.99. The lowest BCUT2D eigenvalue weighted by Gasteiger charge is -2.22. The highest BCUT2D eigenvalue weighted by atomic mass is 127. The van der Waals surface area contributed by atoms with Crippen molar-refractivity contribution in [1.82, 2.24) is 25.4 Å². The molecule has 1 aliphatic rings. The van der Waals surface area contributed by atoms with E-state index in [1.807, 2.05) is 11.7 Å². The Balaban J connectivity index is 0.00000289. The molecule has 170 valence electrons. The zero-order chi connectivity index (χ0) is 21.5. The maximum Gasteiger partial charge on any atom is 0.191 e. The van der Waals surface area contributed by atoms with E-state index in [2.05, 4.69) is 86.1 Å². The van der Waals surface area contributed by atoms with Crippen molar-refractivity contribution in [3.8, 4) is 0 Å². The number of hydrogen-bond acceptors (Lipinski definition) is 4. The third-order valence-corrected chi connectivity index (χ3v) is 5.68. The summed E-state index contributed by atoms with van der Waals surface area (Å²) in [4.78, 5) is 10.9. The third kappa shape index (κ3) is 6.44. The summed E-state index contributed by atoms with van der Waals surface area (Å²) in [6.07, 6.45) is 5.86. The molecule has 0 spiro atoms. The molecule has 7 nitrogen and oxygen atoms in total. The first-order valence-electron chi connectivity index (χ1n) is 10.9. The maximum absolute atomic E-state index is 4.41. The molecule has 4 rings (SSSR count). The van der Waals surface area contributed by atoms with Gasteiger partial charge in [0.2, 0.25) is 0 Å². The van der Waals surface area contributed by atoms with Crippen molar-refractivity contribution in [3.63, 3.8) is 0 Å². The molecule has 0 bridgehead atoms. The minimum absolute atomic E-state index is 0. The number of hydrogen-bond donors (Lipinski definition) is 2. The van der Waals surface area contributed by atoms with Crippen molar-refractivity contribution < 1.29 is 0 Å². The van der Waals surface area contributed by atoms with Crippen LogP contribution >= 0.6 is 24.0 Å². The minimum atomic E-state index is 0. The quantitative estimate of drug-likeness (QED) is 0.267. The Hall–Kier alpha value is -2.62. The van der Waals surface area contributed by atoms with Crippen molar-refractivity contribution in [2.24, 2.45) is 4.99 Å². The highest BCUT2D eigenvalue weighted by molar-refractivity contribution is 14.0. The monoisotopic (exact) mass is 545 g/mol. The van der Waals surface area contributed by atoms with Gasteiger partial charge in [-0.05, 0) is 48.6 Å². The Kier molecular flexibility index (Phi) is 8.90. The van der Waals surface area contributed by atoms with E-state index in [1.54, 1.807) is 12.7 Å². The van der Waals surface area contributed by atoms with Gasteiger partial charge in [0.25, 0.3) is 0 Å². The lowest BCUT2D eigenvalue weighted by atomic mass is 10.1. The van der Waals surface area contributed by atoms with Crippen LogP contribution in [0.5, 0.6) is 0 Å². The number of benzene rings is 2. The fraction of sp³-hybridized carbons (Fsp3) is 0.375. The molecular weight excluding hydrogens is 513 g/mol. The van der Waals surface area contributed by atoms with Crippen LogP contribution in [0.15, 0.2) is 66.2 Å². The minimum Gasteiger partial charge on any atom is -0.372 e. The molecule has 3 aromatic rings. The number of nitrogens with zero attached hydrogens (tertiary/aromatic N) is 5. The summed E-state index contributed by atoms with van der Waals surface area (Å²) in [5.74, 6) is 0.792. The fourth-order valence-electron chi connectivity index (χ4n) is 3.97. The Labute approximate surface area is 207 Å². The summed E-state index contributed by atoms with van der Waals surface area (Å²) in [5.41, 5.74) is 4.97. The molecule has 1 aromatic heterocycles. The molecule has 1 aliphatic heterocycles. The van der Waals surface area contributed by atoms with Crippen LogP contribution in [0.4, 0.5) is 5.69 Å². The molecule has 0 amide bonds. The van der Waals surface area contributed by atoms with Crippen molar-refractivity contribution in [1.29, 1.82) is 0 Å². The van der Waals surface area contributed by atoms with E-state index < -0.39 is 0 Å². The van der Waals surface area contributed by atoms with E-state index in [1.165, 1.54) is 35.2 Å². The molecule has 0 saturated carbocycles. The first-order valence-corrected chi connectivity index (χ1v) is 10.9. The van der Waals surface area contributed by atoms with Crippen LogP contribution in [-0.4, -0.2) is 40.9 Å². The second-order valence-electron chi connectivity index (χ2n) is 7.99. The molecular formula is C24H32IN7. The van der Waals surface area contributed by atoms with E-state index in [9.17, 15) is 0 Å². The smallest absolute Gasteiger partial charge is 0.191 e. The Morgan fingerprint density at radius 3 is 2.62 bits per heavy atom. The molecule has 0 radical (unpaired) electrons. The van der Waals surface area contributed by atoms with Gasteiger partial charge in [0.1, 0.15) is 12.7 Å². The molecule has 1 saturated heterocycles. The SMILES string of the molecule is CN=C(NCc1cccc(Cn2cncn2)c1)NC(C)c1cccc(N2CCCC2)c1.I. The molecule has 0 aliphatic carbocycles. The van der Waals surface area contributed by atoms with Crippen LogP contribution in [-0.2, 0) is 13.1 Å².